The molecule has 1 unspecified atom stereocenters. The first-order valence-electron chi connectivity index (χ1n) is 6.56. The molecule has 0 aromatic heterocycles. The van der Waals surface area contributed by atoms with Crippen molar-refractivity contribution in [3.63, 3.8) is 0 Å². The fourth-order valence-corrected chi connectivity index (χ4v) is 2.35. The van der Waals surface area contributed by atoms with E-state index < -0.39 is 30.8 Å². The number of amides is 1. The number of halogens is 1. The summed E-state index contributed by atoms with van der Waals surface area (Å²) in [6.07, 6.45) is -0.532. The molecule has 0 fully saturated rings. The molecule has 0 aliphatic rings. The number of carboxylic acids is 1. The average molecular weight is 352 g/mol. The van der Waals surface area contributed by atoms with Crippen molar-refractivity contribution in [3.8, 4) is 0 Å². The van der Waals surface area contributed by atoms with Gasteiger partial charge in [-0.3, -0.25) is 4.79 Å². The number of aliphatic hydroxyl groups is 1. The van der Waals surface area contributed by atoms with E-state index in [0.717, 1.165) is 5.56 Å². The number of hydrogen-bond acceptors (Lipinski definition) is 4. The largest absolute Gasteiger partial charge is 1.00 e. The predicted molar refractivity (Wildman–Crippen MR) is 79.0 cm³/mol. The second-order valence-corrected chi connectivity index (χ2v) is 6.30. The van der Waals surface area contributed by atoms with E-state index in [9.17, 15) is 14.7 Å². The molecule has 5 nitrogen and oxygen atoms in total. The third-order valence-corrected chi connectivity index (χ3v) is 3.36. The van der Waals surface area contributed by atoms with Crippen LogP contribution in [0.2, 0.25) is 5.02 Å². The minimum absolute atomic E-state index is 0. The van der Waals surface area contributed by atoms with Crippen LogP contribution < -0.4 is 61.8 Å². The van der Waals surface area contributed by atoms with Gasteiger partial charge in [0.25, 0.3) is 0 Å². The summed E-state index contributed by atoms with van der Waals surface area (Å²) in [6, 6.07) is 5.11. The second-order valence-electron chi connectivity index (χ2n) is 5.89. The van der Waals surface area contributed by atoms with Crippen molar-refractivity contribution in [1.29, 1.82) is 0 Å². The summed E-state index contributed by atoms with van der Waals surface area (Å²) in [7, 11) is 0. The molecular formula is C15H19ClKNO4. The molecule has 1 atom stereocenters. The van der Waals surface area contributed by atoms with Gasteiger partial charge in [-0.15, -0.1) is 0 Å². The summed E-state index contributed by atoms with van der Waals surface area (Å²) in [5, 5.41) is 22.6. The summed E-state index contributed by atoms with van der Waals surface area (Å²) in [4.78, 5) is 22.4. The van der Waals surface area contributed by atoms with Crippen LogP contribution in [0, 0.1) is 5.92 Å². The molecule has 0 saturated heterocycles. The van der Waals surface area contributed by atoms with Crippen molar-refractivity contribution in [2.75, 3.05) is 11.9 Å². The topological polar surface area (TPSA) is 89.5 Å². The Balaban J connectivity index is 0.00000441. The predicted octanol–water partition coefficient (Wildman–Crippen LogP) is -1.67. The van der Waals surface area contributed by atoms with Crippen molar-refractivity contribution in [2.24, 2.45) is 5.92 Å². The van der Waals surface area contributed by atoms with Gasteiger partial charge in [-0.1, -0.05) is 38.4 Å². The molecule has 2 N–H and O–H groups in total. The van der Waals surface area contributed by atoms with E-state index in [1.807, 2.05) is 26.8 Å². The Labute approximate surface area is 177 Å². The van der Waals surface area contributed by atoms with Crippen molar-refractivity contribution < 1.29 is 71.2 Å². The number of nitrogens with one attached hydrogen (secondary N) is 1. The summed E-state index contributed by atoms with van der Waals surface area (Å²) < 4.78 is 0. The smallest absolute Gasteiger partial charge is 0.550 e. The molecule has 0 aliphatic heterocycles. The Bertz CT molecular complexity index is 543. The van der Waals surface area contributed by atoms with Gasteiger partial charge in [0.05, 0.1) is 12.5 Å². The minimum Gasteiger partial charge on any atom is -0.550 e. The molecule has 1 aromatic carbocycles. The summed E-state index contributed by atoms with van der Waals surface area (Å²) in [5.74, 6) is -3.01. The molecule has 1 amide bonds. The average Bonchev–Trinajstić information content (AvgIpc) is 2.33. The second kappa shape index (κ2) is 9.37. The number of carbonyl (C=O) groups excluding carboxylic acids is 2. The van der Waals surface area contributed by atoms with Gasteiger partial charge in [0, 0.05) is 23.1 Å². The fraction of sp³-hybridized carbons (Fsp3) is 0.467. The van der Waals surface area contributed by atoms with E-state index in [1.165, 1.54) is 0 Å². The van der Waals surface area contributed by atoms with E-state index in [1.54, 1.807) is 12.1 Å². The Morgan fingerprint density at radius 1 is 1.36 bits per heavy atom. The van der Waals surface area contributed by atoms with Crippen LogP contribution in [-0.4, -0.2) is 23.6 Å². The van der Waals surface area contributed by atoms with Crippen molar-refractivity contribution >= 4 is 29.2 Å². The van der Waals surface area contributed by atoms with Gasteiger partial charge in [-0.2, -0.15) is 0 Å². The summed E-state index contributed by atoms with van der Waals surface area (Å²) >= 11 is 6.19. The van der Waals surface area contributed by atoms with Crippen molar-refractivity contribution in [1.82, 2.24) is 0 Å². The molecule has 0 saturated carbocycles. The van der Waals surface area contributed by atoms with Crippen LogP contribution in [0.5, 0.6) is 0 Å². The third kappa shape index (κ3) is 6.66. The van der Waals surface area contributed by atoms with Gasteiger partial charge in [0.2, 0.25) is 5.91 Å². The number of anilines is 1. The zero-order valence-electron chi connectivity index (χ0n) is 13.3. The molecule has 0 bridgehead atoms. The zero-order valence-corrected chi connectivity index (χ0v) is 17.2. The maximum Gasteiger partial charge on any atom is 1.00 e. The van der Waals surface area contributed by atoms with Crippen LogP contribution in [0.1, 0.15) is 32.8 Å². The first kappa shape index (κ1) is 22.0. The fourth-order valence-electron chi connectivity index (χ4n) is 1.89. The minimum atomic E-state index is -1.38. The molecule has 1 aromatic rings. The molecule has 0 aliphatic carbocycles. The van der Waals surface area contributed by atoms with Crippen LogP contribution in [0.3, 0.4) is 0 Å². The number of benzene rings is 1. The van der Waals surface area contributed by atoms with E-state index >= 15 is 0 Å². The molecule has 0 heterocycles. The quantitative estimate of drug-likeness (QED) is 0.621. The molecule has 7 heteroatoms. The normalized spacial score (nSPS) is 12.2. The Hall–Kier alpha value is 0.0464. The van der Waals surface area contributed by atoms with Gasteiger partial charge in [0.15, 0.2) is 0 Å². The first-order chi connectivity index (χ1) is 9.65. The number of aliphatic hydroxyl groups excluding tert-OH is 1. The summed E-state index contributed by atoms with van der Waals surface area (Å²) in [5.41, 5.74) is 1.27. The summed E-state index contributed by atoms with van der Waals surface area (Å²) in [6.45, 7) is 5.50. The molecule has 116 valence electrons. The van der Waals surface area contributed by atoms with Gasteiger partial charge in [-0.25, -0.2) is 0 Å². The Morgan fingerprint density at radius 2 is 1.95 bits per heavy atom. The molecular weight excluding hydrogens is 333 g/mol. The standard InChI is InChI=1S/C15H20ClNO4.K/c1-15(2,3)11-5-4-10(7-12(11)16)17-14(21)9(8-18)6-13(19)20;/h4-5,7,9,18H,6,8H2,1-3H3,(H,17,21)(H,19,20);/q;+1/p-1. The van der Waals surface area contributed by atoms with Crippen LogP contribution >= 0.6 is 11.6 Å². The molecule has 0 radical (unpaired) electrons. The number of carbonyl (C=O) groups is 2. The van der Waals surface area contributed by atoms with Gasteiger partial charge >= 0.3 is 51.4 Å². The molecule has 22 heavy (non-hydrogen) atoms. The maximum atomic E-state index is 11.9. The van der Waals surface area contributed by atoms with Crippen LogP contribution in [0.25, 0.3) is 0 Å². The molecule has 0 spiro atoms. The Morgan fingerprint density at radius 3 is 2.36 bits per heavy atom. The van der Waals surface area contributed by atoms with Crippen molar-refractivity contribution in [2.45, 2.75) is 32.6 Å². The SMILES string of the molecule is CC(C)(C)c1ccc(NC(=O)C(CO)CC(=O)[O-])cc1Cl.[K+]. The third-order valence-electron chi connectivity index (χ3n) is 3.05. The number of rotatable bonds is 5. The zero-order chi connectivity index (χ0) is 16.2. The van der Waals surface area contributed by atoms with Crippen LogP contribution in [-0.2, 0) is 15.0 Å². The van der Waals surface area contributed by atoms with Gasteiger partial charge < -0.3 is 20.3 Å². The van der Waals surface area contributed by atoms with E-state index in [2.05, 4.69) is 5.32 Å². The molecule has 1 rings (SSSR count). The Kier molecular flexibility index (Phi) is 9.39. The number of carboxylic acid groups (broad SMARTS) is 1. The van der Waals surface area contributed by atoms with Crippen LogP contribution in [0.15, 0.2) is 18.2 Å². The van der Waals surface area contributed by atoms with Crippen LogP contribution in [0.4, 0.5) is 5.69 Å². The maximum absolute atomic E-state index is 11.9. The van der Waals surface area contributed by atoms with E-state index in [4.69, 9.17) is 16.7 Å². The van der Waals surface area contributed by atoms with Gasteiger partial charge in [0.1, 0.15) is 0 Å². The van der Waals surface area contributed by atoms with Gasteiger partial charge in [-0.05, 0) is 23.1 Å². The van der Waals surface area contributed by atoms with Crippen molar-refractivity contribution in [3.05, 3.63) is 28.8 Å². The monoisotopic (exact) mass is 351 g/mol. The van der Waals surface area contributed by atoms with E-state index in [0.29, 0.717) is 10.7 Å². The number of aliphatic carboxylic acids is 1. The van der Waals surface area contributed by atoms with E-state index in [-0.39, 0.29) is 56.8 Å². The first-order valence-corrected chi connectivity index (χ1v) is 6.94. The number of hydrogen-bond donors (Lipinski definition) is 2.